The molecule has 3 heteroatoms. The van der Waals surface area contributed by atoms with Crippen LogP contribution in [0.3, 0.4) is 0 Å². The fourth-order valence-corrected chi connectivity index (χ4v) is 3.61. The molecule has 1 aromatic rings. The lowest BCUT2D eigenvalue weighted by Crippen LogP contribution is -2.33. The van der Waals surface area contributed by atoms with Gasteiger partial charge in [-0.1, -0.05) is 20.8 Å². The van der Waals surface area contributed by atoms with Gasteiger partial charge < -0.3 is 5.32 Å². The van der Waals surface area contributed by atoms with E-state index in [1.807, 2.05) is 6.07 Å². The molecule has 1 atom stereocenters. The van der Waals surface area contributed by atoms with Gasteiger partial charge >= 0.3 is 0 Å². The molecule has 0 saturated heterocycles. The molecular formula is C18H29FN2. The molecule has 1 aliphatic carbocycles. The highest BCUT2D eigenvalue weighted by molar-refractivity contribution is 5.18. The van der Waals surface area contributed by atoms with Crippen LogP contribution in [0.15, 0.2) is 18.5 Å². The number of nitrogens with zero attached hydrogens (tertiary/aromatic N) is 1. The molecule has 1 fully saturated rings. The van der Waals surface area contributed by atoms with Crippen molar-refractivity contribution in [1.82, 2.24) is 10.3 Å². The van der Waals surface area contributed by atoms with Gasteiger partial charge in [0.1, 0.15) is 5.82 Å². The van der Waals surface area contributed by atoms with Crippen molar-refractivity contribution in [1.29, 1.82) is 0 Å². The van der Waals surface area contributed by atoms with E-state index in [4.69, 9.17) is 0 Å². The van der Waals surface area contributed by atoms with Gasteiger partial charge in [-0.15, -0.1) is 0 Å². The summed E-state index contributed by atoms with van der Waals surface area (Å²) in [5, 5.41) is 3.57. The molecule has 2 nitrogen and oxygen atoms in total. The molecule has 1 aliphatic rings. The molecule has 1 unspecified atom stereocenters. The van der Waals surface area contributed by atoms with Crippen molar-refractivity contribution < 1.29 is 4.39 Å². The fourth-order valence-electron chi connectivity index (χ4n) is 3.61. The largest absolute Gasteiger partial charge is 0.310 e. The smallest absolute Gasteiger partial charge is 0.146 e. The molecule has 0 aromatic carbocycles. The van der Waals surface area contributed by atoms with E-state index < -0.39 is 0 Å². The summed E-state index contributed by atoms with van der Waals surface area (Å²) >= 11 is 0. The summed E-state index contributed by atoms with van der Waals surface area (Å²) in [6.07, 6.45) is 9.08. The SMILES string of the molecule is CCCNC(c1ccncc1F)C1CCC(C(C)C)CC1. The zero-order valence-electron chi connectivity index (χ0n) is 13.6. The molecule has 118 valence electrons. The highest BCUT2D eigenvalue weighted by atomic mass is 19.1. The Morgan fingerprint density at radius 3 is 2.48 bits per heavy atom. The molecule has 1 aromatic heterocycles. The van der Waals surface area contributed by atoms with Crippen LogP contribution in [0.2, 0.25) is 0 Å². The lowest BCUT2D eigenvalue weighted by atomic mass is 9.73. The molecule has 21 heavy (non-hydrogen) atoms. The molecule has 0 aliphatic heterocycles. The number of aromatic nitrogens is 1. The zero-order chi connectivity index (χ0) is 15.2. The van der Waals surface area contributed by atoms with Gasteiger partial charge in [-0.05, 0) is 62.5 Å². The zero-order valence-corrected chi connectivity index (χ0v) is 13.6. The molecular weight excluding hydrogens is 263 g/mol. The van der Waals surface area contributed by atoms with Gasteiger partial charge in [0.05, 0.1) is 6.20 Å². The molecule has 1 heterocycles. The van der Waals surface area contributed by atoms with Crippen molar-refractivity contribution in [2.75, 3.05) is 6.54 Å². The highest BCUT2D eigenvalue weighted by Crippen LogP contribution is 2.39. The standard InChI is InChI=1S/C18H29FN2/c1-4-10-21-18(16-9-11-20-12-17(16)19)15-7-5-14(6-8-15)13(2)3/h9,11-15,18,21H,4-8,10H2,1-3H3. The summed E-state index contributed by atoms with van der Waals surface area (Å²) in [6, 6.07) is 1.98. The van der Waals surface area contributed by atoms with Crippen LogP contribution in [-0.4, -0.2) is 11.5 Å². The third kappa shape index (κ3) is 4.26. The van der Waals surface area contributed by atoms with E-state index in [9.17, 15) is 4.39 Å². The third-order valence-electron chi connectivity index (χ3n) is 4.98. The van der Waals surface area contributed by atoms with E-state index in [1.54, 1.807) is 6.20 Å². The van der Waals surface area contributed by atoms with Gasteiger partial charge in [0, 0.05) is 17.8 Å². The maximum atomic E-state index is 14.1. The Kier molecular flexibility index (Phi) is 6.16. The molecule has 0 spiro atoms. The number of pyridine rings is 1. The topological polar surface area (TPSA) is 24.9 Å². The van der Waals surface area contributed by atoms with Crippen LogP contribution >= 0.6 is 0 Å². The van der Waals surface area contributed by atoms with Gasteiger partial charge in [-0.3, -0.25) is 4.98 Å². The Morgan fingerprint density at radius 2 is 1.90 bits per heavy atom. The van der Waals surface area contributed by atoms with E-state index in [-0.39, 0.29) is 11.9 Å². The van der Waals surface area contributed by atoms with Crippen molar-refractivity contribution >= 4 is 0 Å². The summed E-state index contributed by atoms with van der Waals surface area (Å²) in [6.45, 7) is 7.74. The number of hydrogen-bond donors (Lipinski definition) is 1. The monoisotopic (exact) mass is 292 g/mol. The molecule has 0 radical (unpaired) electrons. The Balaban J connectivity index is 2.09. The summed E-state index contributed by atoms with van der Waals surface area (Å²) in [4.78, 5) is 3.89. The fraction of sp³-hybridized carbons (Fsp3) is 0.722. The second kappa shape index (κ2) is 7.88. The normalized spacial score (nSPS) is 24.2. The van der Waals surface area contributed by atoms with Crippen LogP contribution in [0, 0.1) is 23.6 Å². The second-order valence-electron chi connectivity index (χ2n) is 6.75. The maximum absolute atomic E-state index is 14.1. The molecule has 1 saturated carbocycles. The maximum Gasteiger partial charge on any atom is 0.146 e. The summed E-state index contributed by atoms with van der Waals surface area (Å²) in [7, 11) is 0. The van der Waals surface area contributed by atoms with Crippen molar-refractivity contribution in [2.24, 2.45) is 17.8 Å². The average molecular weight is 292 g/mol. The number of nitrogens with one attached hydrogen (secondary N) is 1. The first-order valence-electron chi connectivity index (χ1n) is 8.46. The van der Waals surface area contributed by atoms with E-state index >= 15 is 0 Å². The first-order valence-corrected chi connectivity index (χ1v) is 8.46. The minimum Gasteiger partial charge on any atom is -0.310 e. The van der Waals surface area contributed by atoms with Crippen molar-refractivity contribution in [3.8, 4) is 0 Å². The number of hydrogen-bond acceptors (Lipinski definition) is 2. The number of halogens is 1. The van der Waals surface area contributed by atoms with Crippen LogP contribution < -0.4 is 5.32 Å². The minimum absolute atomic E-state index is 0.140. The molecule has 1 N–H and O–H groups in total. The quantitative estimate of drug-likeness (QED) is 0.820. The van der Waals surface area contributed by atoms with Gasteiger partial charge in [-0.2, -0.15) is 0 Å². The predicted octanol–water partition coefficient (Wildman–Crippen LogP) is 4.72. The van der Waals surface area contributed by atoms with E-state index in [0.717, 1.165) is 30.4 Å². The number of rotatable bonds is 6. The van der Waals surface area contributed by atoms with Crippen molar-refractivity contribution in [2.45, 2.75) is 58.9 Å². The lowest BCUT2D eigenvalue weighted by Gasteiger charge is -2.36. The summed E-state index contributed by atoms with van der Waals surface area (Å²) in [5.41, 5.74) is 0.798. The van der Waals surface area contributed by atoms with Gasteiger partial charge in [0.25, 0.3) is 0 Å². The van der Waals surface area contributed by atoms with Crippen molar-refractivity contribution in [3.63, 3.8) is 0 Å². The predicted molar refractivity (Wildman–Crippen MR) is 85.5 cm³/mol. The Hall–Kier alpha value is -0.960. The van der Waals surface area contributed by atoms with Crippen LogP contribution in [0.4, 0.5) is 4.39 Å². The minimum atomic E-state index is -0.169. The van der Waals surface area contributed by atoms with E-state index in [2.05, 4.69) is 31.1 Å². The first-order chi connectivity index (χ1) is 10.1. The van der Waals surface area contributed by atoms with Gasteiger partial charge in [0.15, 0.2) is 0 Å². The van der Waals surface area contributed by atoms with Crippen molar-refractivity contribution in [3.05, 3.63) is 29.8 Å². The molecule has 2 rings (SSSR count). The highest BCUT2D eigenvalue weighted by Gasteiger charge is 2.30. The van der Waals surface area contributed by atoms with Gasteiger partial charge in [-0.25, -0.2) is 4.39 Å². The Labute approximate surface area is 128 Å². The Morgan fingerprint density at radius 1 is 1.24 bits per heavy atom. The van der Waals surface area contributed by atoms with E-state index in [0.29, 0.717) is 5.92 Å². The first kappa shape index (κ1) is 16.4. The van der Waals surface area contributed by atoms with E-state index in [1.165, 1.54) is 31.9 Å². The van der Waals surface area contributed by atoms with Gasteiger partial charge in [0.2, 0.25) is 0 Å². The Bertz CT molecular complexity index is 425. The van der Waals surface area contributed by atoms with Crippen LogP contribution in [-0.2, 0) is 0 Å². The second-order valence-corrected chi connectivity index (χ2v) is 6.75. The summed E-state index contributed by atoms with van der Waals surface area (Å²) in [5.74, 6) is 1.99. The average Bonchev–Trinajstić information content (AvgIpc) is 2.50. The third-order valence-corrected chi connectivity index (χ3v) is 4.98. The summed E-state index contributed by atoms with van der Waals surface area (Å²) < 4.78 is 14.1. The lowest BCUT2D eigenvalue weighted by molar-refractivity contribution is 0.187. The van der Waals surface area contributed by atoms with Crippen LogP contribution in [0.25, 0.3) is 0 Å². The van der Waals surface area contributed by atoms with Crippen LogP contribution in [0.1, 0.15) is 64.5 Å². The molecule has 0 bridgehead atoms. The van der Waals surface area contributed by atoms with Crippen LogP contribution in [0.5, 0.6) is 0 Å². The molecule has 0 amide bonds.